The molecular formula is C23H44O4. The molecule has 0 rings (SSSR count). The minimum absolute atomic E-state index is 0.136. The molecule has 4 nitrogen and oxygen atoms in total. The second-order valence-corrected chi connectivity index (χ2v) is 8.76. The van der Waals surface area contributed by atoms with E-state index in [1.165, 1.54) is 0 Å². The molecule has 27 heavy (non-hydrogen) atoms. The summed E-state index contributed by atoms with van der Waals surface area (Å²) in [6, 6.07) is 0. The molecule has 160 valence electrons. The third-order valence-corrected chi connectivity index (χ3v) is 4.91. The summed E-state index contributed by atoms with van der Waals surface area (Å²) < 4.78 is 11.1. The number of ether oxygens (including phenoxy) is 2. The first-order valence-corrected chi connectivity index (χ1v) is 11.1. The Labute approximate surface area is 167 Å². The number of carbonyl (C=O) groups excluding carboxylic acids is 2. The Bertz CT molecular complexity index is 403. The highest BCUT2D eigenvalue weighted by Gasteiger charge is 2.42. The summed E-state index contributed by atoms with van der Waals surface area (Å²) in [5.41, 5.74) is -0.757. The average molecular weight is 385 g/mol. The number of esters is 2. The van der Waals surface area contributed by atoms with Gasteiger partial charge in [-0.3, -0.25) is 9.59 Å². The molecule has 0 saturated heterocycles. The van der Waals surface area contributed by atoms with Crippen LogP contribution in [0.4, 0.5) is 0 Å². The zero-order chi connectivity index (χ0) is 20.7. The van der Waals surface area contributed by atoms with Crippen LogP contribution in [-0.4, -0.2) is 25.2 Å². The van der Waals surface area contributed by atoms with Crippen LogP contribution in [-0.2, 0) is 19.1 Å². The molecule has 0 aromatic heterocycles. The van der Waals surface area contributed by atoms with Crippen LogP contribution in [0, 0.1) is 17.3 Å². The Balaban J connectivity index is 5.13. The highest BCUT2D eigenvalue weighted by atomic mass is 16.5. The zero-order valence-corrected chi connectivity index (χ0v) is 18.8. The normalized spacial score (nSPS) is 13.6. The van der Waals surface area contributed by atoms with E-state index in [-0.39, 0.29) is 18.4 Å². The highest BCUT2D eigenvalue weighted by Crippen LogP contribution is 2.38. The Morgan fingerprint density at radius 2 is 1.37 bits per heavy atom. The lowest BCUT2D eigenvalue weighted by Crippen LogP contribution is -2.38. The Hall–Kier alpha value is -1.06. The van der Waals surface area contributed by atoms with Gasteiger partial charge in [-0.1, -0.05) is 67.2 Å². The quantitative estimate of drug-likeness (QED) is 0.231. The van der Waals surface area contributed by atoms with E-state index in [4.69, 9.17) is 9.47 Å². The lowest BCUT2D eigenvalue weighted by molar-refractivity contribution is -0.165. The van der Waals surface area contributed by atoms with Gasteiger partial charge in [-0.2, -0.15) is 0 Å². The summed E-state index contributed by atoms with van der Waals surface area (Å²) in [5.74, 6) is 0.317. The molecule has 1 unspecified atom stereocenters. The van der Waals surface area contributed by atoms with Crippen molar-refractivity contribution in [3.63, 3.8) is 0 Å². The highest BCUT2D eigenvalue weighted by molar-refractivity contribution is 5.83. The van der Waals surface area contributed by atoms with Gasteiger partial charge in [0, 0.05) is 0 Å². The van der Waals surface area contributed by atoms with E-state index in [2.05, 4.69) is 41.5 Å². The molecule has 0 spiro atoms. The molecule has 0 fully saturated rings. The van der Waals surface area contributed by atoms with Crippen LogP contribution >= 0.6 is 0 Å². The predicted molar refractivity (Wildman–Crippen MR) is 112 cm³/mol. The van der Waals surface area contributed by atoms with Gasteiger partial charge in [-0.25, -0.2) is 0 Å². The Morgan fingerprint density at radius 3 is 1.85 bits per heavy atom. The molecule has 4 heteroatoms. The van der Waals surface area contributed by atoms with E-state index in [0.717, 1.165) is 44.9 Å². The minimum atomic E-state index is -0.757. The van der Waals surface area contributed by atoms with Crippen molar-refractivity contribution in [3.05, 3.63) is 0 Å². The summed E-state index contributed by atoms with van der Waals surface area (Å²) in [6.07, 6.45) is 8.43. The van der Waals surface area contributed by atoms with Crippen LogP contribution < -0.4 is 0 Å². The number of rotatable bonds is 16. The van der Waals surface area contributed by atoms with Gasteiger partial charge in [0.15, 0.2) is 0 Å². The Kier molecular flexibility index (Phi) is 14.3. The third kappa shape index (κ3) is 12.1. The molecule has 0 saturated carbocycles. The van der Waals surface area contributed by atoms with E-state index >= 15 is 0 Å². The van der Waals surface area contributed by atoms with Crippen molar-refractivity contribution in [2.45, 2.75) is 106 Å². The number of unbranched alkanes of at least 4 members (excludes halogenated alkanes) is 4. The van der Waals surface area contributed by atoms with E-state index in [1.807, 2.05) is 0 Å². The SMILES string of the molecule is CCCCCOC(=O)CC(CCC(C)C)(CC(C)C)C(=O)OCCCCC. The van der Waals surface area contributed by atoms with Crippen molar-refractivity contribution in [3.8, 4) is 0 Å². The molecule has 0 radical (unpaired) electrons. The van der Waals surface area contributed by atoms with Gasteiger partial charge >= 0.3 is 11.9 Å². The van der Waals surface area contributed by atoms with Crippen LogP contribution in [0.3, 0.4) is 0 Å². The fourth-order valence-electron chi connectivity index (χ4n) is 3.40. The van der Waals surface area contributed by atoms with Crippen LogP contribution in [0.15, 0.2) is 0 Å². The zero-order valence-electron chi connectivity index (χ0n) is 18.8. The molecule has 0 aliphatic heterocycles. The Morgan fingerprint density at radius 1 is 0.815 bits per heavy atom. The summed E-state index contributed by atoms with van der Waals surface area (Å²) in [4.78, 5) is 25.6. The summed E-state index contributed by atoms with van der Waals surface area (Å²) in [6.45, 7) is 13.6. The van der Waals surface area contributed by atoms with Crippen LogP contribution in [0.5, 0.6) is 0 Å². The molecule has 0 aromatic carbocycles. The lowest BCUT2D eigenvalue weighted by atomic mass is 9.73. The smallest absolute Gasteiger partial charge is 0.312 e. The second-order valence-electron chi connectivity index (χ2n) is 8.76. The van der Waals surface area contributed by atoms with Crippen LogP contribution in [0.1, 0.15) is 106 Å². The monoisotopic (exact) mass is 384 g/mol. The molecular weight excluding hydrogens is 340 g/mol. The van der Waals surface area contributed by atoms with Gasteiger partial charge < -0.3 is 9.47 Å². The molecule has 0 N–H and O–H groups in total. The summed E-state index contributed by atoms with van der Waals surface area (Å²) in [7, 11) is 0. The molecule has 0 aromatic rings. The maximum absolute atomic E-state index is 13.1. The van der Waals surface area contributed by atoms with Crippen molar-refractivity contribution < 1.29 is 19.1 Å². The van der Waals surface area contributed by atoms with Gasteiger partial charge in [-0.15, -0.1) is 0 Å². The number of carbonyl (C=O) groups is 2. The first-order chi connectivity index (χ1) is 12.8. The van der Waals surface area contributed by atoms with Crippen molar-refractivity contribution in [1.82, 2.24) is 0 Å². The predicted octanol–water partition coefficient (Wildman–Crippen LogP) is 6.31. The molecule has 0 heterocycles. The van der Waals surface area contributed by atoms with Gasteiger partial charge in [0.05, 0.1) is 25.0 Å². The molecule has 0 aliphatic carbocycles. The minimum Gasteiger partial charge on any atom is -0.466 e. The average Bonchev–Trinajstić information content (AvgIpc) is 2.59. The number of hydrogen-bond acceptors (Lipinski definition) is 4. The molecule has 0 amide bonds. The van der Waals surface area contributed by atoms with Crippen molar-refractivity contribution in [2.24, 2.45) is 17.3 Å². The van der Waals surface area contributed by atoms with Crippen LogP contribution in [0.25, 0.3) is 0 Å². The fourth-order valence-corrected chi connectivity index (χ4v) is 3.40. The van der Waals surface area contributed by atoms with E-state index in [1.54, 1.807) is 0 Å². The topological polar surface area (TPSA) is 52.6 Å². The van der Waals surface area contributed by atoms with Gasteiger partial charge in [0.2, 0.25) is 0 Å². The fraction of sp³-hybridized carbons (Fsp3) is 0.913. The third-order valence-electron chi connectivity index (χ3n) is 4.91. The molecule has 0 aliphatic rings. The van der Waals surface area contributed by atoms with Gasteiger partial charge in [0.1, 0.15) is 0 Å². The molecule has 0 bridgehead atoms. The maximum Gasteiger partial charge on any atom is 0.312 e. The summed E-state index contributed by atoms with van der Waals surface area (Å²) in [5, 5.41) is 0. The summed E-state index contributed by atoms with van der Waals surface area (Å²) >= 11 is 0. The first-order valence-electron chi connectivity index (χ1n) is 11.1. The number of hydrogen-bond donors (Lipinski definition) is 0. The van der Waals surface area contributed by atoms with Crippen molar-refractivity contribution in [2.75, 3.05) is 13.2 Å². The second kappa shape index (κ2) is 14.9. The van der Waals surface area contributed by atoms with Gasteiger partial charge in [-0.05, 0) is 43.9 Å². The van der Waals surface area contributed by atoms with E-state index < -0.39 is 5.41 Å². The lowest BCUT2D eigenvalue weighted by Gasteiger charge is -2.33. The van der Waals surface area contributed by atoms with Gasteiger partial charge in [0.25, 0.3) is 0 Å². The molecule has 1 atom stereocenters. The standard InChI is InChI=1S/C23H44O4/c1-7-9-11-15-26-21(24)18-23(17-20(5)6,14-13-19(3)4)22(25)27-16-12-10-8-2/h19-20H,7-18H2,1-6H3. The van der Waals surface area contributed by atoms with Crippen LogP contribution in [0.2, 0.25) is 0 Å². The van der Waals surface area contributed by atoms with Crippen molar-refractivity contribution >= 4 is 11.9 Å². The van der Waals surface area contributed by atoms with E-state index in [0.29, 0.717) is 37.9 Å². The largest absolute Gasteiger partial charge is 0.466 e. The van der Waals surface area contributed by atoms with E-state index in [9.17, 15) is 9.59 Å². The van der Waals surface area contributed by atoms with Crippen molar-refractivity contribution in [1.29, 1.82) is 0 Å². The maximum atomic E-state index is 13.1. The first kappa shape index (κ1) is 25.9.